The van der Waals surface area contributed by atoms with Crippen LogP contribution in [0.3, 0.4) is 0 Å². The molecule has 0 unspecified atom stereocenters. The Kier molecular flexibility index (Phi) is 10.6. The highest BCUT2D eigenvalue weighted by Crippen LogP contribution is 2.33. The van der Waals surface area contributed by atoms with Gasteiger partial charge in [-0.2, -0.15) is 0 Å². The van der Waals surface area contributed by atoms with E-state index in [0.717, 1.165) is 43.6 Å². The quantitative estimate of drug-likeness (QED) is 0.0884. The van der Waals surface area contributed by atoms with Gasteiger partial charge in [-0.1, -0.05) is 43.5 Å². The molecule has 0 bridgehead atoms. The minimum Gasteiger partial charge on any atom is -0.458 e. The molecule has 0 aliphatic heterocycles. The Morgan fingerprint density at radius 2 is 1.72 bits per heavy atom. The number of nitrogens with two attached hydrogens (primary N) is 2. The number of hydrogen-bond donors (Lipinski definition) is 2. The maximum absolute atomic E-state index is 12.6. The SMILES string of the molecule is C=CCCCCCC1CCC(C(=O)Oc2ccc(/C=C/C(=O)OCc3ccc(N)cc3N)cc2)CC1. The summed E-state index contributed by atoms with van der Waals surface area (Å²) in [5, 5.41) is 0. The Hall–Kier alpha value is -3.54. The summed E-state index contributed by atoms with van der Waals surface area (Å²) < 4.78 is 10.9. The summed E-state index contributed by atoms with van der Waals surface area (Å²) in [5.41, 5.74) is 14.1. The summed E-state index contributed by atoms with van der Waals surface area (Å²) in [6.07, 6.45) is 15.1. The number of anilines is 2. The molecule has 2 aromatic carbocycles. The van der Waals surface area contributed by atoms with Crippen LogP contribution in [0.1, 0.15) is 68.9 Å². The van der Waals surface area contributed by atoms with Crippen molar-refractivity contribution < 1.29 is 19.1 Å². The van der Waals surface area contributed by atoms with Crippen molar-refractivity contribution in [1.29, 1.82) is 0 Å². The number of benzene rings is 2. The Balaban J connectivity index is 1.38. The fraction of sp³-hybridized carbons (Fsp3) is 0.400. The molecule has 1 fully saturated rings. The lowest BCUT2D eigenvalue weighted by atomic mass is 9.80. The summed E-state index contributed by atoms with van der Waals surface area (Å²) in [6, 6.07) is 12.2. The minimum atomic E-state index is -0.478. The van der Waals surface area contributed by atoms with E-state index < -0.39 is 5.97 Å². The molecular formula is C30H38N2O4. The number of carbonyl (C=O) groups excluding carboxylic acids is 2. The van der Waals surface area contributed by atoms with Gasteiger partial charge in [0.15, 0.2) is 0 Å². The van der Waals surface area contributed by atoms with Gasteiger partial charge in [0.2, 0.25) is 0 Å². The molecule has 6 nitrogen and oxygen atoms in total. The van der Waals surface area contributed by atoms with E-state index in [4.69, 9.17) is 20.9 Å². The summed E-state index contributed by atoms with van der Waals surface area (Å²) in [6.45, 7) is 3.84. The number of allylic oxidation sites excluding steroid dienone is 1. The first kappa shape index (κ1) is 27.1. The van der Waals surface area contributed by atoms with E-state index in [0.29, 0.717) is 22.7 Å². The number of nitrogen functional groups attached to an aromatic ring is 2. The molecule has 1 aliphatic carbocycles. The first-order chi connectivity index (χ1) is 17.4. The zero-order valence-electron chi connectivity index (χ0n) is 21.0. The van der Waals surface area contributed by atoms with Crippen LogP contribution in [0.4, 0.5) is 11.4 Å². The van der Waals surface area contributed by atoms with Crippen molar-refractivity contribution in [2.24, 2.45) is 11.8 Å². The molecule has 36 heavy (non-hydrogen) atoms. The number of unbranched alkanes of at least 4 members (excludes halogenated alkanes) is 3. The molecule has 1 saturated carbocycles. The second-order valence-electron chi connectivity index (χ2n) is 9.53. The Morgan fingerprint density at radius 1 is 0.972 bits per heavy atom. The maximum Gasteiger partial charge on any atom is 0.331 e. The molecule has 192 valence electrons. The third kappa shape index (κ3) is 8.91. The molecule has 6 heteroatoms. The van der Waals surface area contributed by atoms with Crippen LogP contribution in [-0.2, 0) is 20.9 Å². The number of esters is 2. The average molecular weight is 491 g/mol. The van der Waals surface area contributed by atoms with Gasteiger partial charge in [0.1, 0.15) is 12.4 Å². The van der Waals surface area contributed by atoms with Crippen LogP contribution < -0.4 is 16.2 Å². The van der Waals surface area contributed by atoms with Crippen molar-refractivity contribution in [2.75, 3.05) is 11.5 Å². The van der Waals surface area contributed by atoms with Gasteiger partial charge in [-0.05, 0) is 80.3 Å². The second-order valence-corrected chi connectivity index (χ2v) is 9.53. The summed E-state index contributed by atoms with van der Waals surface area (Å²) in [5.74, 6) is 0.607. The monoisotopic (exact) mass is 490 g/mol. The zero-order valence-corrected chi connectivity index (χ0v) is 21.0. The van der Waals surface area contributed by atoms with Gasteiger partial charge in [0.05, 0.1) is 5.92 Å². The van der Waals surface area contributed by atoms with Crippen molar-refractivity contribution in [3.05, 3.63) is 72.3 Å². The summed E-state index contributed by atoms with van der Waals surface area (Å²) in [7, 11) is 0. The van der Waals surface area contributed by atoms with E-state index in [1.54, 1.807) is 48.5 Å². The third-order valence-electron chi connectivity index (χ3n) is 6.75. The Morgan fingerprint density at radius 3 is 2.42 bits per heavy atom. The molecule has 2 aromatic rings. The number of rotatable bonds is 12. The number of ether oxygens (including phenoxy) is 2. The highest BCUT2D eigenvalue weighted by molar-refractivity contribution is 5.87. The van der Waals surface area contributed by atoms with E-state index in [2.05, 4.69) is 6.58 Å². The molecule has 0 spiro atoms. The van der Waals surface area contributed by atoms with E-state index >= 15 is 0 Å². The fourth-order valence-corrected chi connectivity index (χ4v) is 4.54. The van der Waals surface area contributed by atoms with Crippen LogP contribution in [0.2, 0.25) is 0 Å². The third-order valence-corrected chi connectivity index (χ3v) is 6.75. The van der Waals surface area contributed by atoms with Crippen molar-refractivity contribution in [1.82, 2.24) is 0 Å². The standard InChI is InChI=1S/C30H38N2O4/c1-2-3-4-5-6-7-22-8-13-24(14-9-22)30(34)36-27-17-10-23(11-18-27)12-19-29(33)35-21-25-15-16-26(31)20-28(25)32/h2,10-12,15-20,22,24H,1,3-9,13-14,21,31-32H2/b19-12+. The smallest absolute Gasteiger partial charge is 0.331 e. The lowest BCUT2D eigenvalue weighted by Crippen LogP contribution is -2.25. The minimum absolute atomic E-state index is 0.0218. The van der Waals surface area contributed by atoms with Crippen molar-refractivity contribution in [2.45, 2.75) is 64.4 Å². The molecule has 1 aliphatic rings. The van der Waals surface area contributed by atoms with Crippen LogP contribution in [0.5, 0.6) is 5.75 Å². The van der Waals surface area contributed by atoms with Crippen LogP contribution in [0.25, 0.3) is 6.08 Å². The van der Waals surface area contributed by atoms with Crippen molar-refractivity contribution in [3.63, 3.8) is 0 Å². The second kappa shape index (κ2) is 14.1. The van der Waals surface area contributed by atoms with Crippen LogP contribution in [0.15, 0.2) is 61.2 Å². The molecule has 3 rings (SSSR count). The van der Waals surface area contributed by atoms with Crippen molar-refractivity contribution in [3.8, 4) is 5.75 Å². The van der Waals surface area contributed by atoms with Gasteiger partial charge in [-0.15, -0.1) is 6.58 Å². The predicted octanol–water partition coefficient (Wildman–Crippen LogP) is 6.46. The van der Waals surface area contributed by atoms with E-state index in [-0.39, 0.29) is 18.5 Å². The lowest BCUT2D eigenvalue weighted by molar-refractivity contribution is -0.140. The molecule has 0 heterocycles. The van der Waals surface area contributed by atoms with Gasteiger partial charge < -0.3 is 20.9 Å². The highest BCUT2D eigenvalue weighted by atomic mass is 16.5. The molecule has 4 N–H and O–H groups in total. The Labute approximate surface area is 214 Å². The fourth-order valence-electron chi connectivity index (χ4n) is 4.54. The molecule has 0 atom stereocenters. The molecule has 0 aromatic heterocycles. The Bertz CT molecular complexity index is 1040. The summed E-state index contributed by atoms with van der Waals surface area (Å²) >= 11 is 0. The van der Waals surface area contributed by atoms with E-state index in [1.807, 2.05) is 6.08 Å². The highest BCUT2D eigenvalue weighted by Gasteiger charge is 2.27. The van der Waals surface area contributed by atoms with Crippen LogP contribution >= 0.6 is 0 Å². The van der Waals surface area contributed by atoms with Gasteiger partial charge in [-0.25, -0.2) is 4.79 Å². The first-order valence-electron chi connectivity index (χ1n) is 12.9. The van der Waals surface area contributed by atoms with Crippen LogP contribution in [-0.4, -0.2) is 11.9 Å². The normalized spacial score (nSPS) is 17.6. The van der Waals surface area contributed by atoms with E-state index in [1.165, 1.54) is 31.8 Å². The largest absolute Gasteiger partial charge is 0.458 e. The molecule has 0 amide bonds. The average Bonchev–Trinajstić information content (AvgIpc) is 2.88. The number of hydrogen-bond acceptors (Lipinski definition) is 6. The van der Waals surface area contributed by atoms with Crippen molar-refractivity contribution >= 4 is 29.4 Å². The first-order valence-corrected chi connectivity index (χ1v) is 12.9. The number of carbonyl (C=O) groups is 2. The summed E-state index contributed by atoms with van der Waals surface area (Å²) in [4.78, 5) is 24.6. The van der Waals surface area contributed by atoms with Crippen LogP contribution in [0, 0.1) is 11.8 Å². The van der Waals surface area contributed by atoms with E-state index in [9.17, 15) is 9.59 Å². The van der Waals surface area contributed by atoms with Gasteiger partial charge in [0.25, 0.3) is 0 Å². The van der Waals surface area contributed by atoms with Gasteiger partial charge in [0, 0.05) is 23.0 Å². The topological polar surface area (TPSA) is 105 Å². The molecular weight excluding hydrogens is 452 g/mol. The predicted molar refractivity (Wildman–Crippen MR) is 145 cm³/mol. The molecule has 0 radical (unpaired) electrons. The molecule has 0 saturated heterocycles. The zero-order chi connectivity index (χ0) is 25.8. The lowest BCUT2D eigenvalue weighted by Gasteiger charge is -2.27. The van der Waals surface area contributed by atoms with Gasteiger partial charge >= 0.3 is 11.9 Å². The van der Waals surface area contributed by atoms with Gasteiger partial charge in [-0.3, -0.25) is 4.79 Å². The maximum atomic E-state index is 12.6.